The second-order valence-corrected chi connectivity index (χ2v) is 17.4. The van der Waals surface area contributed by atoms with Crippen molar-refractivity contribution in [3.8, 4) is 0 Å². The SMILES string of the molecule is CC(=O)OC1CCC2(C)C(=CCC3C4CCC(=O)C4(C)CCC32)C1.CC(C)c1ccc2c(c1)CCC1C(C)(C(N)=O)CCCC21C. The third kappa shape index (κ3) is 5.30. The molecule has 0 saturated heterocycles. The maximum absolute atomic E-state index is 12.4. The van der Waals surface area contributed by atoms with E-state index in [4.69, 9.17) is 10.5 Å². The Kier molecular flexibility index (Phi) is 8.67. The molecule has 0 spiro atoms. The van der Waals surface area contributed by atoms with E-state index in [1.54, 1.807) is 0 Å². The second-order valence-electron chi connectivity index (χ2n) is 17.4. The Morgan fingerprint density at radius 1 is 0.891 bits per heavy atom. The number of hydrogen-bond acceptors (Lipinski definition) is 4. The molecular weight excluding hydrogens is 570 g/mol. The van der Waals surface area contributed by atoms with Gasteiger partial charge in [0, 0.05) is 30.6 Å². The maximum Gasteiger partial charge on any atom is 0.302 e. The molecule has 1 amide bonds. The van der Waals surface area contributed by atoms with Crippen LogP contribution in [0.25, 0.3) is 0 Å². The van der Waals surface area contributed by atoms with Crippen LogP contribution in [0.15, 0.2) is 29.8 Å². The standard InChI is InChI=1S/C21H30O3.C20H29NO/c1-13(22)24-15-8-10-20(2)14(12-15)4-5-16-17-6-7-19(23)21(17,3)11-9-18(16)20;1-13(2)14-6-8-16-15(12-14)7-9-17-19(16,3)10-5-11-20(17,4)18(21)22/h4,15-18H,5-12H2,1-3H3;6,8,12-13,17H,5,7,9-11H2,1-4H3,(H2,21,22). The molecule has 0 radical (unpaired) electrons. The second kappa shape index (κ2) is 11.9. The first-order valence-corrected chi connectivity index (χ1v) is 18.5. The molecule has 1 aromatic carbocycles. The number of benzene rings is 1. The van der Waals surface area contributed by atoms with Gasteiger partial charge in [-0.1, -0.05) is 77.8 Å². The molecule has 6 aliphatic carbocycles. The van der Waals surface area contributed by atoms with E-state index in [-0.39, 0.29) is 39.6 Å². The average Bonchev–Trinajstić information content (AvgIpc) is 3.31. The summed E-state index contributed by atoms with van der Waals surface area (Å²) < 4.78 is 5.50. The fourth-order valence-electron chi connectivity index (χ4n) is 11.9. The molecule has 6 aliphatic rings. The number of fused-ring (bicyclic) bond motifs is 8. The van der Waals surface area contributed by atoms with Crippen LogP contribution < -0.4 is 5.73 Å². The van der Waals surface area contributed by atoms with Gasteiger partial charge in [0.25, 0.3) is 0 Å². The fourth-order valence-corrected chi connectivity index (χ4v) is 11.9. The Bertz CT molecular complexity index is 1430. The van der Waals surface area contributed by atoms with Gasteiger partial charge in [0.15, 0.2) is 0 Å². The highest BCUT2D eigenvalue weighted by Gasteiger charge is 2.59. The lowest BCUT2D eigenvalue weighted by Gasteiger charge is -2.56. The van der Waals surface area contributed by atoms with Crippen molar-refractivity contribution in [2.24, 2.45) is 45.7 Å². The summed E-state index contributed by atoms with van der Waals surface area (Å²) in [5, 5.41) is 0. The van der Waals surface area contributed by atoms with E-state index in [0.29, 0.717) is 35.4 Å². The van der Waals surface area contributed by atoms with Crippen LogP contribution in [-0.4, -0.2) is 23.8 Å². The lowest BCUT2D eigenvalue weighted by atomic mass is 9.48. The summed E-state index contributed by atoms with van der Waals surface area (Å²) in [7, 11) is 0. The van der Waals surface area contributed by atoms with Gasteiger partial charge in [0.1, 0.15) is 11.9 Å². The Morgan fingerprint density at radius 3 is 2.30 bits per heavy atom. The zero-order chi connectivity index (χ0) is 33.2. The Hall–Kier alpha value is -2.43. The van der Waals surface area contributed by atoms with Crippen molar-refractivity contribution in [2.75, 3.05) is 0 Å². The number of amides is 1. The van der Waals surface area contributed by atoms with E-state index >= 15 is 0 Å². The molecule has 5 nitrogen and oxygen atoms in total. The van der Waals surface area contributed by atoms with Gasteiger partial charge in [-0.15, -0.1) is 0 Å². The molecule has 9 atom stereocenters. The first kappa shape index (κ1) is 33.5. The van der Waals surface area contributed by atoms with E-state index in [1.165, 1.54) is 42.0 Å². The zero-order valence-corrected chi connectivity index (χ0v) is 29.7. The summed E-state index contributed by atoms with van der Waals surface area (Å²) in [6.45, 7) is 15.2. The van der Waals surface area contributed by atoms with Crippen LogP contribution in [0.2, 0.25) is 0 Å². The molecule has 4 fully saturated rings. The highest BCUT2D eigenvalue weighted by Crippen LogP contribution is 2.64. The highest BCUT2D eigenvalue weighted by atomic mass is 16.5. The van der Waals surface area contributed by atoms with Crippen LogP contribution in [-0.2, 0) is 31.0 Å². The number of carbonyl (C=O) groups is 3. The summed E-state index contributed by atoms with van der Waals surface area (Å²) in [6.07, 6.45) is 16.2. The van der Waals surface area contributed by atoms with Gasteiger partial charge in [-0.25, -0.2) is 0 Å². The van der Waals surface area contributed by atoms with Gasteiger partial charge in [-0.3, -0.25) is 14.4 Å². The molecule has 0 aliphatic heterocycles. The molecule has 4 saturated carbocycles. The summed E-state index contributed by atoms with van der Waals surface area (Å²) >= 11 is 0. The number of carbonyl (C=O) groups excluding carboxylic acids is 3. The minimum Gasteiger partial charge on any atom is -0.462 e. The summed E-state index contributed by atoms with van der Waals surface area (Å²) in [5.74, 6) is 3.17. The minimum absolute atomic E-state index is 0.0438. The van der Waals surface area contributed by atoms with E-state index in [9.17, 15) is 14.4 Å². The molecule has 5 heteroatoms. The van der Waals surface area contributed by atoms with Crippen LogP contribution in [0.1, 0.15) is 148 Å². The number of Topliss-reactive ketones (excluding diaryl/α,β-unsaturated/α-hetero) is 1. The topological polar surface area (TPSA) is 86.5 Å². The van der Waals surface area contributed by atoms with Crippen molar-refractivity contribution in [3.63, 3.8) is 0 Å². The molecule has 9 unspecified atom stereocenters. The predicted octanol–water partition coefficient (Wildman–Crippen LogP) is 8.76. The number of aryl methyl sites for hydroxylation is 1. The van der Waals surface area contributed by atoms with E-state index < -0.39 is 0 Å². The van der Waals surface area contributed by atoms with E-state index in [0.717, 1.165) is 70.6 Å². The smallest absolute Gasteiger partial charge is 0.302 e. The van der Waals surface area contributed by atoms with Gasteiger partial charge in [-0.05, 0) is 121 Å². The number of hydrogen-bond donors (Lipinski definition) is 1. The molecule has 1 aromatic rings. The van der Waals surface area contributed by atoms with Gasteiger partial charge >= 0.3 is 5.97 Å². The van der Waals surface area contributed by atoms with Crippen LogP contribution >= 0.6 is 0 Å². The normalized spacial score (nSPS) is 41.0. The molecule has 0 bridgehead atoms. The molecule has 2 N–H and O–H groups in total. The number of rotatable bonds is 3. The van der Waals surface area contributed by atoms with Crippen LogP contribution in [0, 0.1) is 39.9 Å². The molecule has 0 heterocycles. The third-order valence-corrected chi connectivity index (χ3v) is 14.7. The summed E-state index contributed by atoms with van der Waals surface area (Å²) in [5.41, 5.74) is 11.7. The zero-order valence-electron chi connectivity index (χ0n) is 29.7. The Labute approximate surface area is 277 Å². The van der Waals surface area contributed by atoms with Gasteiger partial charge in [0.05, 0.1) is 0 Å². The number of primary amides is 1. The Balaban J connectivity index is 0.000000162. The van der Waals surface area contributed by atoms with Crippen molar-refractivity contribution in [2.45, 2.75) is 149 Å². The van der Waals surface area contributed by atoms with E-state index in [1.807, 2.05) is 0 Å². The maximum atomic E-state index is 12.4. The number of ketones is 1. The highest BCUT2D eigenvalue weighted by molar-refractivity contribution is 5.87. The molecular formula is C41H59NO4. The van der Waals surface area contributed by atoms with Crippen LogP contribution in [0.4, 0.5) is 0 Å². The monoisotopic (exact) mass is 629 g/mol. The number of nitrogens with two attached hydrogens (primary N) is 1. The average molecular weight is 630 g/mol. The van der Waals surface area contributed by atoms with Gasteiger partial charge in [-0.2, -0.15) is 0 Å². The van der Waals surface area contributed by atoms with Gasteiger partial charge < -0.3 is 10.5 Å². The quantitative estimate of drug-likeness (QED) is 0.268. The number of esters is 1. The van der Waals surface area contributed by atoms with Crippen molar-refractivity contribution in [3.05, 3.63) is 46.5 Å². The van der Waals surface area contributed by atoms with E-state index in [2.05, 4.69) is 65.8 Å². The first-order chi connectivity index (χ1) is 21.6. The minimum atomic E-state index is -0.346. The molecule has 252 valence electrons. The third-order valence-electron chi connectivity index (χ3n) is 14.7. The summed E-state index contributed by atoms with van der Waals surface area (Å²) in [6, 6.07) is 7.02. The van der Waals surface area contributed by atoms with Crippen LogP contribution in [0.5, 0.6) is 0 Å². The predicted molar refractivity (Wildman–Crippen MR) is 183 cm³/mol. The Morgan fingerprint density at radius 2 is 1.61 bits per heavy atom. The summed E-state index contributed by atoms with van der Waals surface area (Å²) in [4.78, 5) is 35.9. The van der Waals surface area contributed by atoms with Crippen molar-refractivity contribution in [1.29, 1.82) is 0 Å². The van der Waals surface area contributed by atoms with Crippen molar-refractivity contribution >= 4 is 17.7 Å². The lowest BCUT2D eigenvalue weighted by molar-refractivity contribution is -0.148. The molecule has 7 rings (SSSR count). The number of ether oxygens (including phenoxy) is 1. The number of allylic oxidation sites excluding steroid dienone is 1. The molecule has 46 heavy (non-hydrogen) atoms. The van der Waals surface area contributed by atoms with Crippen molar-refractivity contribution in [1.82, 2.24) is 0 Å². The largest absolute Gasteiger partial charge is 0.462 e. The van der Waals surface area contributed by atoms with Gasteiger partial charge in [0.2, 0.25) is 5.91 Å². The first-order valence-electron chi connectivity index (χ1n) is 18.5. The molecule has 0 aromatic heterocycles. The van der Waals surface area contributed by atoms with Crippen molar-refractivity contribution < 1.29 is 19.1 Å². The fraction of sp³-hybridized carbons (Fsp3) is 0.732. The lowest BCUT2D eigenvalue weighted by Crippen LogP contribution is -2.54. The van der Waals surface area contributed by atoms with Crippen LogP contribution in [0.3, 0.4) is 0 Å².